The van der Waals surface area contributed by atoms with Gasteiger partial charge in [-0.05, 0) is 57.2 Å². The molecule has 2 unspecified atom stereocenters. The summed E-state index contributed by atoms with van der Waals surface area (Å²) < 4.78 is 45.9. The highest BCUT2D eigenvalue weighted by molar-refractivity contribution is 5.51. The van der Waals surface area contributed by atoms with Crippen LogP contribution in [0.2, 0.25) is 0 Å². The van der Waals surface area contributed by atoms with Crippen LogP contribution in [0.25, 0.3) is 0 Å². The molecule has 4 rings (SSSR count). The minimum absolute atomic E-state index is 0.149. The number of piperidine rings is 1. The second-order valence-corrected chi connectivity index (χ2v) is 9.29. The molecule has 6 heteroatoms. The summed E-state index contributed by atoms with van der Waals surface area (Å²) in [6, 6.07) is 2.11. The van der Waals surface area contributed by atoms with Crippen LogP contribution < -0.4 is 9.47 Å². The van der Waals surface area contributed by atoms with E-state index in [1.807, 2.05) is 6.07 Å². The number of hydrogen-bond donors (Lipinski definition) is 0. The number of halogens is 2. The number of hydrogen-bond acceptors (Lipinski definition) is 4. The Morgan fingerprint density at radius 1 is 1.14 bits per heavy atom. The molecule has 2 heterocycles. The van der Waals surface area contributed by atoms with Gasteiger partial charge >= 0.3 is 0 Å². The zero-order valence-corrected chi connectivity index (χ0v) is 17.3. The van der Waals surface area contributed by atoms with Crippen molar-refractivity contribution in [3.8, 4) is 11.5 Å². The molecule has 1 aromatic carbocycles. The van der Waals surface area contributed by atoms with Crippen LogP contribution >= 0.6 is 0 Å². The minimum atomic E-state index is -0.837. The molecule has 0 amide bonds. The average molecular weight is 395 g/mol. The largest absolute Gasteiger partial charge is 0.493 e. The number of ether oxygens (including phenoxy) is 3. The molecule has 2 aliphatic heterocycles. The van der Waals surface area contributed by atoms with Crippen LogP contribution in [0.3, 0.4) is 0 Å². The molecule has 0 bridgehead atoms. The van der Waals surface area contributed by atoms with Crippen LogP contribution in [0.1, 0.15) is 63.6 Å². The van der Waals surface area contributed by atoms with Gasteiger partial charge in [0.25, 0.3) is 0 Å². The highest BCUT2D eigenvalue weighted by Crippen LogP contribution is 2.45. The first-order valence-electron chi connectivity index (χ1n) is 10.4. The van der Waals surface area contributed by atoms with Gasteiger partial charge in [-0.2, -0.15) is 0 Å². The first-order valence-corrected chi connectivity index (χ1v) is 10.4. The standard InChI is InChI=1S/C22H31F2NO3/c1-22(2,3)28-14-5-6-18-17-11-19(26-4)21(27-15-9-13(23)10-15)20(24)16(17)7-8-25(18)12-14/h11,13-15,18H,5-10,12H2,1-4H3. The van der Waals surface area contributed by atoms with E-state index in [0.29, 0.717) is 25.0 Å². The highest BCUT2D eigenvalue weighted by atomic mass is 19.1. The van der Waals surface area contributed by atoms with Crippen LogP contribution in [0, 0.1) is 5.82 Å². The predicted octanol–water partition coefficient (Wildman–Crippen LogP) is 4.59. The maximum Gasteiger partial charge on any atom is 0.197 e. The molecule has 0 spiro atoms. The zero-order chi connectivity index (χ0) is 20.1. The van der Waals surface area contributed by atoms with Crippen LogP contribution in [-0.2, 0) is 11.2 Å². The lowest BCUT2D eigenvalue weighted by Crippen LogP contribution is -2.47. The van der Waals surface area contributed by atoms with Crippen LogP contribution in [0.15, 0.2) is 6.07 Å². The van der Waals surface area contributed by atoms with Crippen LogP contribution in [-0.4, -0.2) is 49.1 Å². The quantitative estimate of drug-likeness (QED) is 0.746. The van der Waals surface area contributed by atoms with Gasteiger partial charge in [-0.1, -0.05) is 0 Å². The van der Waals surface area contributed by atoms with Crippen molar-refractivity contribution in [2.24, 2.45) is 0 Å². The minimum Gasteiger partial charge on any atom is -0.493 e. The topological polar surface area (TPSA) is 30.9 Å². The van der Waals surface area contributed by atoms with E-state index in [4.69, 9.17) is 14.2 Å². The van der Waals surface area contributed by atoms with E-state index in [2.05, 4.69) is 25.7 Å². The molecule has 1 saturated heterocycles. The van der Waals surface area contributed by atoms with Gasteiger partial charge in [0.15, 0.2) is 17.3 Å². The Balaban J connectivity index is 1.56. The van der Waals surface area contributed by atoms with Crippen molar-refractivity contribution in [1.29, 1.82) is 0 Å². The Hall–Kier alpha value is -1.40. The number of nitrogens with zero attached hydrogens (tertiary/aromatic N) is 1. The Morgan fingerprint density at radius 2 is 1.89 bits per heavy atom. The molecule has 28 heavy (non-hydrogen) atoms. The van der Waals surface area contributed by atoms with Crippen molar-refractivity contribution in [3.05, 3.63) is 23.0 Å². The van der Waals surface area contributed by atoms with Crippen molar-refractivity contribution in [2.75, 3.05) is 20.2 Å². The van der Waals surface area contributed by atoms with Crippen molar-refractivity contribution in [2.45, 2.75) is 82.9 Å². The number of benzene rings is 1. The third-order valence-electron chi connectivity index (χ3n) is 6.03. The Morgan fingerprint density at radius 3 is 2.54 bits per heavy atom. The maximum absolute atomic E-state index is 15.3. The Labute approximate surface area is 166 Å². The van der Waals surface area contributed by atoms with Crippen molar-refractivity contribution < 1.29 is 23.0 Å². The Kier molecular flexibility index (Phi) is 5.29. The van der Waals surface area contributed by atoms with Gasteiger partial charge in [0.1, 0.15) is 12.3 Å². The SMILES string of the molecule is COc1cc2c(c(F)c1OC1CC(F)C1)CCN1CC(OC(C)(C)C)CCC21. The van der Waals surface area contributed by atoms with Gasteiger partial charge < -0.3 is 14.2 Å². The smallest absolute Gasteiger partial charge is 0.197 e. The van der Waals surface area contributed by atoms with Crippen molar-refractivity contribution >= 4 is 0 Å². The van der Waals surface area contributed by atoms with E-state index in [-0.39, 0.29) is 35.4 Å². The number of alkyl halides is 1. The fourth-order valence-corrected chi connectivity index (χ4v) is 4.70. The fourth-order valence-electron chi connectivity index (χ4n) is 4.70. The molecule has 1 saturated carbocycles. The van der Waals surface area contributed by atoms with Gasteiger partial charge in [-0.25, -0.2) is 8.78 Å². The van der Waals surface area contributed by atoms with Gasteiger partial charge in [0.05, 0.1) is 18.8 Å². The maximum atomic E-state index is 15.3. The van der Waals surface area contributed by atoms with Gasteiger partial charge in [-0.15, -0.1) is 0 Å². The monoisotopic (exact) mass is 395 g/mol. The molecule has 2 atom stereocenters. The average Bonchev–Trinajstić information content (AvgIpc) is 2.60. The molecule has 0 radical (unpaired) electrons. The second-order valence-electron chi connectivity index (χ2n) is 9.29. The third-order valence-corrected chi connectivity index (χ3v) is 6.03. The normalized spacial score (nSPS) is 30.2. The number of methoxy groups -OCH3 is 1. The van der Waals surface area contributed by atoms with Gasteiger partial charge in [-0.3, -0.25) is 4.90 Å². The lowest BCUT2D eigenvalue weighted by Gasteiger charge is -2.45. The lowest BCUT2D eigenvalue weighted by molar-refractivity contribution is -0.0972. The zero-order valence-electron chi connectivity index (χ0n) is 17.3. The first-order chi connectivity index (χ1) is 13.2. The summed E-state index contributed by atoms with van der Waals surface area (Å²) in [5, 5.41) is 0. The van der Waals surface area contributed by atoms with Crippen molar-refractivity contribution in [1.82, 2.24) is 4.90 Å². The Bertz CT molecular complexity index is 727. The number of rotatable bonds is 4. The lowest BCUT2D eigenvalue weighted by atomic mass is 9.85. The summed E-state index contributed by atoms with van der Waals surface area (Å²) in [5.41, 5.74) is 1.56. The highest BCUT2D eigenvalue weighted by Gasteiger charge is 2.39. The summed E-state index contributed by atoms with van der Waals surface area (Å²) in [7, 11) is 1.53. The molecular formula is C22H31F2NO3. The molecule has 1 aliphatic carbocycles. The van der Waals surface area contributed by atoms with Gasteiger partial charge in [0.2, 0.25) is 0 Å². The third kappa shape index (κ3) is 3.86. The van der Waals surface area contributed by atoms with E-state index in [0.717, 1.165) is 37.1 Å². The predicted molar refractivity (Wildman–Crippen MR) is 103 cm³/mol. The first kappa shape index (κ1) is 19.9. The summed E-state index contributed by atoms with van der Waals surface area (Å²) in [6.45, 7) is 7.92. The van der Waals surface area contributed by atoms with Crippen LogP contribution in [0.4, 0.5) is 8.78 Å². The van der Waals surface area contributed by atoms with Gasteiger partial charge in [0, 0.05) is 32.0 Å². The fraction of sp³-hybridized carbons (Fsp3) is 0.727. The van der Waals surface area contributed by atoms with Crippen molar-refractivity contribution in [3.63, 3.8) is 0 Å². The van der Waals surface area contributed by atoms with E-state index < -0.39 is 6.17 Å². The second kappa shape index (κ2) is 7.45. The van der Waals surface area contributed by atoms with E-state index >= 15 is 4.39 Å². The molecule has 0 aromatic heterocycles. The van der Waals surface area contributed by atoms with E-state index in [1.54, 1.807) is 0 Å². The van der Waals surface area contributed by atoms with Crippen LogP contribution in [0.5, 0.6) is 11.5 Å². The van der Waals surface area contributed by atoms with E-state index in [1.165, 1.54) is 7.11 Å². The molecule has 0 N–H and O–H groups in total. The summed E-state index contributed by atoms with van der Waals surface area (Å²) in [6.07, 6.45) is 2.28. The number of fused-ring (bicyclic) bond motifs is 3. The summed E-state index contributed by atoms with van der Waals surface area (Å²) in [5.74, 6) is 0.231. The summed E-state index contributed by atoms with van der Waals surface area (Å²) >= 11 is 0. The molecule has 1 aromatic rings. The molecule has 3 aliphatic rings. The summed E-state index contributed by atoms with van der Waals surface area (Å²) in [4.78, 5) is 2.40. The molecule has 156 valence electrons. The molecule has 2 fully saturated rings. The molecular weight excluding hydrogens is 364 g/mol. The van der Waals surface area contributed by atoms with E-state index in [9.17, 15) is 4.39 Å². The molecule has 4 nitrogen and oxygen atoms in total.